The van der Waals surface area contributed by atoms with Crippen LogP contribution in [0.25, 0.3) is 0 Å². The van der Waals surface area contributed by atoms with Crippen LogP contribution >= 0.6 is 0 Å². The molecular formula is C32H40N2O3. The van der Waals surface area contributed by atoms with E-state index in [2.05, 4.69) is 19.2 Å². The molecule has 3 aromatic rings. The van der Waals surface area contributed by atoms with Crippen LogP contribution in [0.1, 0.15) is 62.8 Å². The molecule has 5 nitrogen and oxygen atoms in total. The van der Waals surface area contributed by atoms with Crippen molar-refractivity contribution in [3.63, 3.8) is 0 Å². The Morgan fingerprint density at radius 2 is 1.51 bits per heavy atom. The number of rotatable bonds is 10. The Hall–Kier alpha value is -3.60. The van der Waals surface area contributed by atoms with Gasteiger partial charge in [0.2, 0.25) is 5.91 Å². The van der Waals surface area contributed by atoms with Crippen LogP contribution < -0.4 is 10.1 Å². The Labute approximate surface area is 221 Å². The van der Waals surface area contributed by atoms with E-state index >= 15 is 0 Å². The lowest BCUT2D eigenvalue weighted by Crippen LogP contribution is -2.55. The normalized spacial score (nSPS) is 12.2. The third kappa shape index (κ3) is 8.49. The van der Waals surface area contributed by atoms with Crippen LogP contribution in [-0.4, -0.2) is 34.9 Å². The maximum Gasteiger partial charge on any atom is 0.261 e. The highest BCUT2D eigenvalue weighted by Crippen LogP contribution is 2.21. The Kier molecular flexibility index (Phi) is 9.51. The molecule has 1 N–H and O–H groups in total. The number of hydrogen-bond donors (Lipinski definition) is 1. The standard InChI is InChI=1S/C32H40N2O3/c1-23(2)26-16-18-28(19-17-26)37-22-30(35)34(21-27-15-11-10-12-24(27)3)29(31(36)33-32(4,5)6)20-25-13-8-7-9-14-25/h7-19,23,29H,20-22H2,1-6H3,(H,33,36)/t29-/m0/s1. The number of carbonyl (C=O) groups is 2. The molecule has 0 saturated carbocycles. The molecule has 0 radical (unpaired) electrons. The lowest BCUT2D eigenvalue weighted by molar-refractivity contribution is -0.143. The van der Waals surface area contributed by atoms with Crippen molar-refractivity contribution in [3.05, 3.63) is 101 Å². The van der Waals surface area contributed by atoms with E-state index in [1.54, 1.807) is 4.90 Å². The van der Waals surface area contributed by atoms with Crippen LogP contribution in [0.3, 0.4) is 0 Å². The molecule has 3 aromatic carbocycles. The summed E-state index contributed by atoms with van der Waals surface area (Å²) in [6.07, 6.45) is 0.406. The molecule has 37 heavy (non-hydrogen) atoms. The maximum atomic E-state index is 13.7. The van der Waals surface area contributed by atoms with E-state index in [1.165, 1.54) is 5.56 Å². The second kappa shape index (κ2) is 12.6. The van der Waals surface area contributed by atoms with E-state index in [9.17, 15) is 9.59 Å². The average Bonchev–Trinajstić information content (AvgIpc) is 2.85. The van der Waals surface area contributed by atoms with Crippen molar-refractivity contribution >= 4 is 11.8 Å². The van der Waals surface area contributed by atoms with E-state index in [0.29, 0.717) is 24.6 Å². The van der Waals surface area contributed by atoms with Crippen LogP contribution in [0.15, 0.2) is 78.9 Å². The number of aryl methyl sites for hydroxylation is 1. The first-order valence-electron chi connectivity index (χ1n) is 13.0. The predicted octanol–water partition coefficient (Wildman–Crippen LogP) is 6.05. The first-order chi connectivity index (χ1) is 17.5. The summed E-state index contributed by atoms with van der Waals surface area (Å²) in [6.45, 7) is 12.3. The summed E-state index contributed by atoms with van der Waals surface area (Å²) in [5, 5.41) is 3.09. The summed E-state index contributed by atoms with van der Waals surface area (Å²) in [6, 6.07) is 24.9. The molecule has 0 heterocycles. The van der Waals surface area contributed by atoms with E-state index in [-0.39, 0.29) is 18.4 Å². The summed E-state index contributed by atoms with van der Waals surface area (Å²) < 4.78 is 5.91. The van der Waals surface area contributed by atoms with Crippen molar-refractivity contribution in [2.75, 3.05) is 6.61 Å². The smallest absolute Gasteiger partial charge is 0.261 e. The molecule has 196 valence electrons. The summed E-state index contributed by atoms with van der Waals surface area (Å²) in [5.41, 5.74) is 3.84. The second-order valence-electron chi connectivity index (χ2n) is 10.9. The second-order valence-corrected chi connectivity index (χ2v) is 10.9. The van der Waals surface area contributed by atoms with Gasteiger partial charge >= 0.3 is 0 Å². The lowest BCUT2D eigenvalue weighted by Gasteiger charge is -2.34. The van der Waals surface area contributed by atoms with Crippen LogP contribution in [-0.2, 0) is 22.6 Å². The third-order valence-electron chi connectivity index (χ3n) is 6.28. The Morgan fingerprint density at radius 1 is 0.892 bits per heavy atom. The SMILES string of the molecule is Cc1ccccc1CN(C(=O)COc1ccc(C(C)C)cc1)[C@@H](Cc1ccccc1)C(=O)NC(C)(C)C. The predicted molar refractivity (Wildman–Crippen MR) is 150 cm³/mol. The van der Waals surface area contributed by atoms with E-state index in [0.717, 1.165) is 16.7 Å². The van der Waals surface area contributed by atoms with Gasteiger partial charge in [0, 0.05) is 18.5 Å². The van der Waals surface area contributed by atoms with Gasteiger partial charge in [-0.1, -0.05) is 80.6 Å². The van der Waals surface area contributed by atoms with Gasteiger partial charge in [-0.15, -0.1) is 0 Å². The molecule has 0 saturated heterocycles. The zero-order valence-electron chi connectivity index (χ0n) is 23.0. The molecule has 0 aromatic heterocycles. The molecule has 1 atom stereocenters. The number of hydrogen-bond acceptors (Lipinski definition) is 3. The highest BCUT2D eigenvalue weighted by molar-refractivity contribution is 5.89. The highest BCUT2D eigenvalue weighted by Gasteiger charge is 2.32. The fourth-order valence-corrected chi connectivity index (χ4v) is 4.15. The Morgan fingerprint density at radius 3 is 2.11 bits per heavy atom. The van der Waals surface area contributed by atoms with E-state index in [4.69, 9.17) is 4.74 Å². The van der Waals surface area contributed by atoms with Gasteiger partial charge in [0.1, 0.15) is 11.8 Å². The molecule has 2 amide bonds. The fraction of sp³-hybridized carbons (Fsp3) is 0.375. The molecule has 0 unspecified atom stereocenters. The van der Waals surface area contributed by atoms with Crippen molar-refractivity contribution < 1.29 is 14.3 Å². The minimum atomic E-state index is -0.694. The third-order valence-corrected chi connectivity index (χ3v) is 6.28. The first-order valence-corrected chi connectivity index (χ1v) is 13.0. The minimum absolute atomic E-state index is 0.152. The van der Waals surface area contributed by atoms with Crippen molar-refractivity contribution in [1.29, 1.82) is 0 Å². The van der Waals surface area contributed by atoms with Gasteiger partial charge in [0.25, 0.3) is 5.91 Å². The zero-order valence-corrected chi connectivity index (χ0v) is 23.0. The van der Waals surface area contributed by atoms with Gasteiger partial charge in [0.15, 0.2) is 6.61 Å². The maximum absolute atomic E-state index is 13.7. The number of nitrogens with zero attached hydrogens (tertiary/aromatic N) is 1. The molecule has 0 aliphatic heterocycles. The van der Waals surface area contributed by atoms with Gasteiger partial charge in [-0.3, -0.25) is 9.59 Å². The summed E-state index contributed by atoms with van der Waals surface area (Å²) in [7, 11) is 0. The molecule has 0 aliphatic carbocycles. The number of nitrogens with one attached hydrogen (secondary N) is 1. The van der Waals surface area contributed by atoms with Gasteiger partial charge in [0.05, 0.1) is 0 Å². The lowest BCUT2D eigenvalue weighted by atomic mass is 10.00. The highest BCUT2D eigenvalue weighted by atomic mass is 16.5. The van der Waals surface area contributed by atoms with Crippen LogP contribution in [0.5, 0.6) is 5.75 Å². The largest absolute Gasteiger partial charge is 0.484 e. The number of amides is 2. The van der Waals surface area contributed by atoms with Crippen molar-refractivity contribution in [2.24, 2.45) is 0 Å². The molecular weight excluding hydrogens is 460 g/mol. The Bertz CT molecular complexity index is 1160. The van der Waals surface area contributed by atoms with Gasteiger partial charge < -0.3 is 15.0 Å². The van der Waals surface area contributed by atoms with Crippen LogP contribution in [0.2, 0.25) is 0 Å². The van der Waals surface area contributed by atoms with Crippen molar-refractivity contribution in [1.82, 2.24) is 10.2 Å². The van der Waals surface area contributed by atoms with Gasteiger partial charge in [-0.25, -0.2) is 0 Å². The molecule has 0 fully saturated rings. The molecule has 0 spiro atoms. The number of ether oxygens (including phenoxy) is 1. The number of carbonyl (C=O) groups excluding carboxylic acids is 2. The summed E-state index contributed by atoms with van der Waals surface area (Å²) in [4.78, 5) is 29.0. The molecule has 5 heteroatoms. The van der Waals surface area contributed by atoms with E-state index < -0.39 is 11.6 Å². The van der Waals surface area contributed by atoms with E-state index in [1.807, 2.05) is 107 Å². The minimum Gasteiger partial charge on any atom is -0.484 e. The average molecular weight is 501 g/mol. The van der Waals surface area contributed by atoms with Gasteiger partial charge in [-0.05, 0) is 68.0 Å². The van der Waals surface area contributed by atoms with Gasteiger partial charge in [-0.2, -0.15) is 0 Å². The monoisotopic (exact) mass is 500 g/mol. The molecule has 0 bridgehead atoms. The van der Waals surface area contributed by atoms with Crippen molar-refractivity contribution in [3.8, 4) is 5.75 Å². The zero-order chi connectivity index (χ0) is 27.0. The topological polar surface area (TPSA) is 58.6 Å². The van der Waals surface area contributed by atoms with Crippen LogP contribution in [0.4, 0.5) is 0 Å². The Balaban J connectivity index is 1.91. The van der Waals surface area contributed by atoms with Crippen LogP contribution in [0, 0.1) is 6.92 Å². The fourth-order valence-electron chi connectivity index (χ4n) is 4.15. The summed E-state index contributed by atoms with van der Waals surface area (Å²) in [5.74, 6) is 0.633. The molecule has 3 rings (SSSR count). The molecule has 0 aliphatic rings. The van der Waals surface area contributed by atoms with Crippen molar-refractivity contribution in [2.45, 2.75) is 72.0 Å². The number of benzene rings is 3. The summed E-state index contributed by atoms with van der Waals surface area (Å²) >= 11 is 0. The first kappa shape index (κ1) is 28.0. The quantitative estimate of drug-likeness (QED) is 0.369.